The molecule has 0 amide bonds. The number of aromatic nitrogens is 2. The Bertz CT molecular complexity index is 777. The van der Waals surface area contributed by atoms with E-state index in [0.29, 0.717) is 22.9 Å². The summed E-state index contributed by atoms with van der Waals surface area (Å²) in [5.74, 6) is 0.743. The highest BCUT2D eigenvalue weighted by Crippen LogP contribution is 2.41. The predicted molar refractivity (Wildman–Crippen MR) is 85.6 cm³/mol. The number of Topliss-reactive ketones (excluding diaryl/α,β-unsaturated/α-hetero) is 1. The van der Waals surface area contributed by atoms with Crippen molar-refractivity contribution in [3.63, 3.8) is 0 Å². The molecule has 7 heteroatoms. The number of fused-ring (bicyclic) bond motifs is 3. The second-order valence-electron chi connectivity index (χ2n) is 4.66. The molecular weight excluding hydrogens is 286 g/mol. The van der Waals surface area contributed by atoms with E-state index in [1.54, 1.807) is 13.4 Å². The molecule has 1 aliphatic rings. The Balaban J connectivity index is 2.21. The van der Waals surface area contributed by atoms with Gasteiger partial charge in [0.1, 0.15) is 21.9 Å². The second kappa shape index (κ2) is 5.25. The molecule has 6 nitrogen and oxygen atoms in total. The van der Waals surface area contributed by atoms with Gasteiger partial charge in [-0.05, 0) is 13.8 Å². The van der Waals surface area contributed by atoms with Gasteiger partial charge in [-0.15, -0.1) is 11.3 Å². The fraction of sp³-hybridized carbons (Fsp3) is 0.286. The van der Waals surface area contributed by atoms with E-state index in [4.69, 9.17) is 0 Å². The standard InChI is InChI=1S/C14H15N5OS/c1-4-8(2)19-5-9(20)12-11(18-7-19)10-13(15-3)16-6-17-14(10)21-12/h4,6-7H,5H2,1-3H3,(H,15,16,17)/b8-4+. The minimum Gasteiger partial charge on any atom is -0.372 e. The number of rotatable bonds is 2. The molecule has 0 unspecified atom stereocenters. The fourth-order valence-corrected chi connectivity index (χ4v) is 3.22. The zero-order chi connectivity index (χ0) is 15.0. The lowest BCUT2D eigenvalue weighted by molar-refractivity contribution is 0.0979. The maximum absolute atomic E-state index is 12.5. The SMILES string of the molecule is C/C=C(\C)N1C=Nc2c(sc3ncnc(NC)c23)C(=O)C1. The van der Waals surface area contributed by atoms with E-state index in [2.05, 4.69) is 20.3 Å². The molecule has 0 saturated heterocycles. The van der Waals surface area contributed by atoms with Crippen LogP contribution in [0.15, 0.2) is 23.1 Å². The highest BCUT2D eigenvalue weighted by molar-refractivity contribution is 7.21. The molecule has 2 aromatic heterocycles. The normalized spacial score (nSPS) is 15.3. The number of aliphatic imine (C=N–C) groups is 1. The lowest BCUT2D eigenvalue weighted by atomic mass is 10.2. The van der Waals surface area contributed by atoms with Gasteiger partial charge in [0.15, 0.2) is 5.78 Å². The summed E-state index contributed by atoms with van der Waals surface area (Å²) in [6, 6.07) is 0. The van der Waals surface area contributed by atoms with Crippen LogP contribution < -0.4 is 5.32 Å². The van der Waals surface area contributed by atoms with E-state index >= 15 is 0 Å². The van der Waals surface area contributed by atoms with Crippen molar-refractivity contribution >= 4 is 45.2 Å². The number of nitrogens with zero attached hydrogens (tertiary/aromatic N) is 4. The molecule has 0 atom stereocenters. The van der Waals surface area contributed by atoms with Gasteiger partial charge in [-0.25, -0.2) is 15.0 Å². The highest BCUT2D eigenvalue weighted by atomic mass is 32.1. The van der Waals surface area contributed by atoms with Crippen LogP contribution in [0.2, 0.25) is 0 Å². The summed E-state index contributed by atoms with van der Waals surface area (Å²) in [6.07, 6.45) is 5.16. The molecule has 0 saturated carbocycles. The minimum absolute atomic E-state index is 0.0498. The summed E-state index contributed by atoms with van der Waals surface area (Å²) in [6.45, 7) is 4.19. The third-order valence-corrected chi connectivity index (χ3v) is 4.59. The quantitative estimate of drug-likeness (QED) is 0.923. The van der Waals surface area contributed by atoms with Crippen LogP contribution >= 0.6 is 11.3 Å². The van der Waals surface area contributed by atoms with Gasteiger partial charge in [0.05, 0.1) is 24.0 Å². The lowest BCUT2D eigenvalue weighted by Gasteiger charge is -2.16. The number of carbonyl (C=O) groups excluding carboxylic acids is 1. The second-order valence-corrected chi connectivity index (χ2v) is 5.66. The van der Waals surface area contributed by atoms with Gasteiger partial charge in [0.2, 0.25) is 0 Å². The van der Waals surface area contributed by atoms with Crippen LogP contribution in [0.3, 0.4) is 0 Å². The Morgan fingerprint density at radius 1 is 1.48 bits per heavy atom. The van der Waals surface area contributed by atoms with Crippen molar-refractivity contribution in [2.75, 3.05) is 18.9 Å². The monoisotopic (exact) mass is 301 g/mol. The first-order valence-electron chi connectivity index (χ1n) is 6.58. The Labute approximate surface area is 126 Å². The van der Waals surface area contributed by atoms with Crippen molar-refractivity contribution in [3.05, 3.63) is 23.0 Å². The minimum atomic E-state index is 0.0498. The van der Waals surface area contributed by atoms with Crippen molar-refractivity contribution in [2.45, 2.75) is 13.8 Å². The van der Waals surface area contributed by atoms with E-state index in [-0.39, 0.29) is 5.78 Å². The van der Waals surface area contributed by atoms with Gasteiger partial charge in [0, 0.05) is 12.7 Å². The molecule has 108 valence electrons. The molecular formula is C14H15N5OS. The molecule has 3 heterocycles. The molecule has 3 rings (SSSR count). The number of nitrogens with one attached hydrogen (secondary N) is 1. The van der Waals surface area contributed by atoms with Crippen molar-refractivity contribution < 1.29 is 4.79 Å². The fourth-order valence-electron chi connectivity index (χ4n) is 2.20. The van der Waals surface area contributed by atoms with Crippen LogP contribution in [0, 0.1) is 0 Å². The largest absolute Gasteiger partial charge is 0.372 e. The number of anilines is 1. The van der Waals surface area contributed by atoms with Gasteiger partial charge in [-0.1, -0.05) is 6.08 Å². The number of hydrogen-bond donors (Lipinski definition) is 1. The van der Waals surface area contributed by atoms with Gasteiger partial charge in [0.25, 0.3) is 0 Å². The number of ketones is 1. The van der Waals surface area contributed by atoms with Gasteiger partial charge in [-0.2, -0.15) is 0 Å². The van der Waals surface area contributed by atoms with Gasteiger partial charge in [-0.3, -0.25) is 4.79 Å². The molecule has 0 aliphatic carbocycles. The molecule has 1 aliphatic heterocycles. The maximum atomic E-state index is 12.5. The highest BCUT2D eigenvalue weighted by Gasteiger charge is 2.25. The number of hydrogen-bond acceptors (Lipinski definition) is 7. The van der Waals surface area contributed by atoms with Crippen LogP contribution in [0.1, 0.15) is 23.5 Å². The van der Waals surface area contributed by atoms with E-state index < -0.39 is 0 Å². The first kappa shape index (κ1) is 13.7. The lowest BCUT2D eigenvalue weighted by Crippen LogP contribution is -2.25. The average molecular weight is 301 g/mol. The van der Waals surface area contributed by atoms with Gasteiger partial charge < -0.3 is 10.2 Å². The van der Waals surface area contributed by atoms with Crippen LogP contribution in [-0.2, 0) is 0 Å². The summed E-state index contributed by atoms with van der Waals surface area (Å²) in [5.41, 5.74) is 1.66. The van der Waals surface area contributed by atoms with Crippen molar-refractivity contribution in [1.29, 1.82) is 0 Å². The number of carbonyl (C=O) groups is 1. The third-order valence-electron chi connectivity index (χ3n) is 3.46. The molecule has 0 spiro atoms. The smallest absolute Gasteiger partial charge is 0.194 e. The third kappa shape index (κ3) is 2.19. The summed E-state index contributed by atoms with van der Waals surface area (Å²) >= 11 is 1.37. The van der Waals surface area contributed by atoms with E-state index in [0.717, 1.165) is 15.9 Å². The zero-order valence-electron chi connectivity index (χ0n) is 12.0. The topological polar surface area (TPSA) is 70.5 Å². The molecule has 1 N–H and O–H groups in total. The van der Waals surface area contributed by atoms with Crippen LogP contribution in [-0.4, -0.2) is 40.6 Å². The van der Waals surface area contributed by atoms with Gasteiger partial charge >= 0.3 is 0 Å². The van der Waals surface area contributed by atoms with Crippen LogP contribution in [0.25, 0.3) is 10.2 Å². The Morgan fingerprint density at radius 2 is 2.29 bits per heavy atom. The van der Waals surface area contributed by atoms with E-state index in [9.17, 15) is 4.79 Å². The molecule has 0 aromatic carbocycles. The van der Waals surface area contributed by atoms with Crippen LogP contribution in [0.4, 0.5) is 11.5 Å². The molecule has 0 radical (unpaired) electrons. The average Bonchev–Trinajstić information content (AvgIpc) is 2.81. The van der Waals surface area contributed by atoms with E-state index in [1.807, 2.05) is 24.8 Å². The summed E-state index contributed by atoms with van der Waals surface area (Å²) < 4.78 is 0. The van der Waals surface area contributed by atoms with Crippen molar-refractivity contribution in [1.82, 2.24) is 14.9 Å². The molecule has 0 bridgehead atoms. The Morgan fingerprint density at radius 3 is 3.00 bits per heavy atom. The van der Waals surface area contributed by atoms with Crippen molar-refractivity contribution in [2.24, 2.45) is 4.99 Å². The van der Waals surface area contributed by atoms with E-state index in [1.165, 1.54) is 17.7 Å². The summed E-state index contributed by atoms with van der Waals surface area (Å²) in [7, 11) is 1.80. The summed E-state index contributed by atoms with van der Waals surface area (Å²) in [4.78, 5) is 28.7. The molecule has 21 heavy (non-hydrogen) atoms. The first-order chi connectivity index (χ1) is 10.2. The zero-order valence-corrected chi connectivity index (χ0v) is 12.9. The maximum Gasteiger partial charge on any atom is 0.194 e. The molecule has 2 aromatic rings. The number of allylic oxidation sites excluding steroid dienone is 2. The molecule has 0 fully saturated rings. The first-order valence-corrected chi connectivity index (χ1v) is 7.39. The van der Waals surface area contributed by atoms with Crippen molar-refractivity contribution in [3.8, 4) is 0 Å². The Hall–Kier alpha value is -2.28. The summed E-state index contributed by atoms with van der Waals surface area (Å²) in [5, 5.41) is 3.84. The Kier molecular flexibility index (Phi) is 3.42. The van der Waals surface area contributed by atoms with Crippen LogP contribution in [0.5, 0.6) is 0 Å². The predicted octanol–water partition coefficient (Wildman–Crippen LogP) is 2.81. The number of thiophene rings is 1.